The van der Waals surface area contributed by atoms with E-state index in [1.807, 2.05) is 29.6 Å². The van der Waals surface area contributed by atoms with Gasteiger partial charge in [-0.2, -0.15) is 0 Å². The maximum atomic E-state index is 8.67. The number of ether oxygens (including phenoxy) is 1. The van der Waals surface area contributed by atoms with Crippen molar-refractivity contribution in [1.29, 1.82) is 0 Å². The molecular weight excluding hydrogens is 236 g/mol. The van der Waals surface area contributed by atoms with E-state index < -0.39 is 0 Å². The second kappa shape index (κ2) is 5.36. The van der Waals surface area contributed by atoms with Crippen LogP contribution in [0.5, 0.6) is 5.75 Å². The van der Waals surface area contributed by atoms with E-state index in [2.05, 4.69) is 5.16 Å². The molecule has 0 fully saturated rings. The number of benzene rings is 1. The van der Waals surface area contributed by atoms with Gasteiger partial charge in [-0.25, -0.2) is 0 Å². The van der Waals surface area contributed by atoms with E-state index in [0.717, 1.165) is 4.88 Å². The summed E-state index contributed by atoms with van der Waals surface area (Å²) in [5.41, 5.74) is 6.16. The summed E-state index contributed by atoms with van der Waals surface area (Å²) in [5.74, 6) is 0.656. The van der Waals surface area contributed by atoms with Crippen LogP contribution >= 0.6 is 11.3 Å². The molecular formula is C12H12N2O2S. The maximum Gasteiger partial charge on any atom is 0.173 e. The summed E-state index contributed by atoms with van der Waals surface area (Å²) in [6, 6.07) is 11.2. The zero-order valence-electron chi connectivity index (χ0n) is 9.04. The van der Waals surface area contributed by atoms with Crippen molar-refractivity contribution >= 4 is 17.2 Å². The molecule has 0 unspecified atom stereocenters. The van der Waals surface area contributed by atoms with Crippen LogP contribution in [0.1, 0.15) is 10.4 Å². The minimum atomic E-state index is 0.0479. The molecule has 0 spiro atoms. The van der Waals surface area contributed by atoms with Gasteiger partial charge >= 0.3 is 0 Å². The molecule has 1 aromatic heterocycles. The monoisotopic (exact) mass is 248 g/mol. The molecule has 0 saturated carbocycles. The van der Waals surface area contributed by atoms with Crippen LogP contribution in [0.15, 0.2) is 46.9 Å². The van der Waals surface area contributed by atoms with Gasteiger partial charge in [0.1, 0.15) is 12.4 Å². The van der Waals surface area contributed by atoms with Crippen LogP contribution in [0.2, 0.25) is 0 Å². The van der Waals surface area contributed by atoms with Crippen molar-refractivity contribution in [2.24, 2.45) is 10.9 Å². The Morgan fingerprint density at radius 1 is 1.29 bits per heavy atom. The summed E-state index contributed by atoms with van der Waals surface area (Å²) in [6.07, 6.45) is 0. The van der Waals surface area contributed by atoms with E-state index in [1.54, 1.807) is 23.5 Å². The van der Waals surface area contributed by atoms with Crippen LogP contribution < -0.4 is 10.5 Å². The molecule has 0 aliphatic carbocycles. The SMILES string of the molecule is N/C(=N\O)c1ccccc1OCc1cccs1. The van der Waals surface area contributed by atoms with E-state index in [-0.39, 0.29) is 5.84 Å². The summed E-state index contributed by atoms with van der Waals surface area (Å²) in [7, 11) is 0. The number of amidine groups is 1. The average molecular weight is 248 g/mol. The average Bonchev–Trinajstić information content (AvgIpc) is 2.89. The first-order chi connectivity index (χ1) is 8.31. The highest BCUT2D eigenvalue weighted by atomic mass is 32.1. The molecule has 17 heavy (non-hydrogen) atoms. The molecule has 0 aliphatic rings. The topological polar surface area (TPSA) is 67.8 Å². The maximum absolute atomic E-state index is 8.67. The van der Waals surface area contributed by atoms with Gasteiger partial charge in [-0.15, -0.1) is 11.3 Å². The summed E-state index contributed by atoms with van der Waals surface area (Å²) in [5, 5.41) is 13.6. The Morgan fingerprint density at radius 3 is 2.82 bits per heavy atom. The first-order valence-electron chi connectivity index (χ1n) is 5.03. The van der Waals surface area contributed by atoms with Gasteiger partial charge in [-0.05, 0) is 23.6 Å². The van der Waals surface area contributed by atoms with Crippen LogP contribution in [0.25, 0.3) is 0 Å². The van der Waals surface area contributed by atoms with E-state index in [9.17, 15) is 0 Å². The molecule has 4 nitrogen and oxygen atoms in total. The van der Waals surface area contributed by atoms with E-state index in [4.69, 9.17) is 15.7 Å². The Morgan fingerprint density at radius 2 is 2.12 bits per heavy atom. The van der Waals surface area contributed by atoms with Gasteiger partial charge in [-0.3, -0.25) is 0 Å². The smallest absolute Gasteiger partial charge is 0.173 e. The molecule has 5 heteroatoms. The van der Waals surface area contributed by atoms with Gasteiger partial charge < -0.3 is 15.7 Å². The third kappa shape index (κ3) is 2.76. The first kappa shape index (κ1) is 11.5. The van der Waals surface area contributed by atoms with Crippen LogP contribution in [0, 0.1) is 0 Å². The minimum Gasteiger partial charge on any atom is -0.487 e. The fraction of sp³-hybridized carbons (Fsp3) is 0.0833. The molecule has 3 N–H and O–H groups in total. The van der Waals surface area contributed by atoms with Crippen molar-refractivity contribution in [3.05, 3.63) is 52.2 Å². The van der Waals surface area contributed by atoms with E-state index in [1.165, 1.54) is 0 Å². The molecule has 0 saturated heterocycles. The number of hydrogen-bond donors (Lipinski definition) is 2. The molecule has 1 aromatic carbocycles. The zero-order valence-corrected chi connectivity index (χ0v) is 9.85. The number of nitrogens with two attached hydrogens (primary N) is 1. The molecule has 88 valence electrons. The second-order valence-corrected chi connectivity index (χ2v) is 4.38. The predicted molar refractivity (Wildman–Crippen MR) is 67.6 cm³/mol. The lowest BCUT2D eigenvalue weighted by molar-refractivity contribution is 0.306. The van der Waals surface area contributed by atoms with Gasteiger partial charge in [0.25, 0.3) is 0 Å². The lowest BCUT2D eigenvalue weighted by atomic mass is 10.2. The molecule has 0 atom stereocenters. The third-order valence-electron chi connectivity index (χ3n) is 2.22. The highest BCUT2D eigenvalue weighted by Gasteiger charge is 2.07. The number of thiophene rings is 1. The fourth-order valence-corrected chi connectivity index (χ4v) is 2.02. The second-order valence-electron chi connectivity index (χ2n) is 3.35. The molecule has 1 heterocycles. The number of nitrogens with zero attached hydrogens (tertiary/aromatic N) is 1. The van der Waals surface area contributed by atoms with Crippen molar-refractivity contribution in [3.8, 4) is 5.75 Å². The van der Waals surface area contributed by atoms with Crippen LogP contribution in [-0.4, -0.2) is 11.0 Å². The molecule has 2 rings (SSSR count). The Labute approximate surface area is 103 Å². The third-order valence-corrected chi connectivity index (χ3v) is 3.07. The largest absolute Gasteiger partial charge is 0.487 e. The summed E-state index contributed by atoms with van der Waals surface area (Å²) in [4.78, 5) is 1.12. The van der Waals surface area contributed by atoms with E-state index >= 15 is 0 Å². The molecule has 0 radical (unpaired) electrons. The summed E-state index contributed by atoms with van der Waals surface area (Å²) < 4.78 is 5.64. The lowest BCUT2D eigenvalue weighted by Crippen LogP contribution is -2.14. The van der Waals surface area contributed by atoms with Crippen molar-refractivity contribution in [1.82, 2.24) is 0 Å². The Hall–Kier alpha value is -2.01. The number of hydrogen-bond acceptors (Lipinski definition) is 4. The molecule has 0 aliphatic heterocycles. The Kier molecular flexibility index (Phi) is 3.62. The van der Waals surface area contributed by atoms with Gasteiger partial charge in [0, 0.05) is 4.88 Å². The fourth-order valence-electron chi connectivity index (χ4n) is 1.40. The lowest BCUT2D eigenvalue weighted by Gasteiger charge is -2.09. The summed E-state index contributed by atoms with van der Waals surface area (Å²) >= 11 is 1.63. The Bertz CT molecular complexity index is 509. The standard InChI is InChI=1S/C12H12N2O2S/c13-12(14-15)10-5-1-2-6-11(10)16-8-9-4-3-7-17-9/h1-7,15H,8H2,(H2,13,14). The number of rotatable bonds is 4. The van der Waals surface area contributed by atoms with Gasteiger partial charge in [0.15, 0.2) is 5.84 Å². The molecule has 2 aromatic rings. The van der Waals surface area contributed by atoms with Gasteiger partial charge in [0.05, 0.1) is 5.56 Å². The Balaban J connectivity index is 2.15. The van der Waals surface area contributed by atoms with Crippen molar-refractivity contribution < 1.29 is 9.94 Å². The molecule has 0 bridgehead atoms. The number of para-hydroxylation sites is 1. The highest BCUT2D eigenvalue weighted by molar-refractivity contribution is 7.09. The predicted octanol–water partition coefficient (Wildman–Crippen LogP) is 2.42. The normalized spacial score (nSPS) is 11.4. The highest BCUT2D eigenvalue weighted by Crippen LogP contribution is 2.20. The van der Waals surface area contributed by atoms with Crippen LogP contribution in [0.4, 0.5) is 0 Å². The number of oxime groups is 1. The zero-order chi connectivity index (χ0) is 12.1. The van der Waals surface area contributed by atoms with Crippen molar-refractivity contribution in [2.75, 3.05) is 0 Å². The van der Waals surface area contributed by atoms with Gasteiger partial charge in [0.2, 0.25) is 0 Å². The minimum absolute atomic E-state index is 0.0479. The van der Waals surface area contributed by atoms with Crippen molar-refractivity contribution in [2.45, 2.75) is 6.61 Å². The van der Waals surface area contributed by atoms with Crippen LogP contribution in [-0.2, 0) is 6.61 Å². The van der Waals surface area contributed by atoms with Crippen LogP contribution in [0.3, 0.4) is 0 Å². The van der Waals surface area contributed by atoms with E-state index in [0.29, 0.717) is 17.9 Å². The first-order valence-corrected chi connectivity index (χ1v) is 5.91. The van der Waals surface area contributed by atoms with Gasteiger partial charge in [-0.1, -0.05) is 23.4 Å². The summed E-state index contributed by atoms with van der Waals surface area (Å²) in [6.45, 7) is 0.480. The molecule has 0 amide bonds. The quantitative estimate of drug-likeness (QED) is 0.378. The van der Waals surface area contributed by atoms with Crippen molar-refractivity contribution in [3.63, 3.8) is 0 Å².